The van der Waals surface area contributed by atoms with Crippen LogP contribution in [-0.4, -0.2) is 25.6 Å². The van der Waals surface area contributed by atoms with Crippen molar-refractivity contribution in [1.29, 1.82) is 0 Å². The lowest BCUT2D eigenvalue weighted by molar-refractivity contribution is 0.875. The van der Waals surface area contributed by atoms with Gasteiger partial charge < -0.3 is 10.2 Å². The first-order chi connectivity index (χ1) is 8.79. The summed E-state index contributed by atoms with van der Waals surface area (Å²) in [6.07, 6.45) is 4.72. The number of nitrogens with one attached hydrogen (secondary N) is 1. The monoisotopic (exact) mass is 241 g/mol. The number of hydrogen-bond acceptors (Lipinski definition) is 3. The predicted octanol–water partition coefficient (Wildman–Crippen LogP) is 2.80. The Morgan fingerprint density at radius 1 is 1.06 bits per heavy atom. The highest BCUT2D eigenvalue weighted by atomic mass is 15.1. The highest BCUT2D eigenvalue weighted by Crippen LogP contribution is 2.16. The molecule has 0 amide bonds. The number of aromatic nitrogens is 1. The third-order valence-corrected chi connectivity index (χ3v) is 3.08. The van der Waals surface area contributed by atoms with Crippen LogP contribution >= 0.6 is 0 Å². The molecule has 0 bridgehead atoms. The first-order valence-electron chi connectivity index (χ1n) is 6.17. The third-order valence-electron chi connectivity index (χ3n) is 3.08. The molecule has 0 saturated carbocycles. The van der Waals surface area contributed by atoms with Gasteiger partial charge in [0.1, 0.15) is 0 Å². The standard InChI is InChI=1S/C15H19N3/c1-16-14-3-5-15(6-4-14)18(2)12-9-13-7-10-17-11-8-13/h3-8,10-11,16H,9,12H2,1-2H3. The molecule has 1 heterocycles. The summed E-state index contributed by atoms with van der Waals surface area (Å²) in [6, 6.07) is 12.6. The van der Waals surface area contributed by atoms with Crippen LogP contribution in [0.2, 0.25) is 0 Å². The van der Waals surface area contributed by atoms with Crippen LogP contribution in [0.4, 0.5) is 11.4 Å². The fourth-order valence-corrected chi connectivity index (χ4v) is 1.86. The van der Waals surface area contributed by atoms with Crippen LogP contribution in [0.3, 0.4) is 0 Å². The molecule has 0 aliphatic heterocycles. The maximum atomic E-state index is 4.03. The number of rotatable bonds is 5. The second kappa shape index (κ2) is 6.05. The van der Waals surface area contributed by atoms with Gasteiger partial charge in [-0.2, -0.15) is 0 Å². The van der Waals surface area contributed by atoms with E-state index in [0.717, 1.165) is 18.7 Å². The van der Waals surface area contributed by atoms with Crippen molar-refractivity contribution in [3.05, 3.63) is 54.4 Å². The van der Waals surface area contributed by atoms with E-state index in [-0.39, 0.29) is 0 Å². The fraction of sp³-hybridized carbons (Fsp3) is 0.267. The Morgan fingerprint density at radius 2 is 1.72 bits per heavy atom. The lowest BCUT2D eigenvalue weighted by atomic mass is 10.2. The molecule has 0 fully saturated rings. The minimum atomic E-state index is 1.00. The Morgan fingerprint density at radius 3 is 2.33 bits per heavy atom. The summed E-state index contributed by atoms with van der Waals surface area (Å²) in [5, 5.41) is 3.13. The maximum absolute atomic E-state index is 4.03. The number of nitrogens with zero attached hydrogens (tertiary/aromatic N) is 2. The van der Waals surface area contributed by atoms with Gasteiger partial charge in [-0.3, -0.25) is 4.98 Å². The Bertz CT molecular complexity index is 465. The second-order valence-corrected chi connectivity index (χ2v) is 4.32. The molecule has 18 heavy (non-hydrogen) atoms. The second-order valence-electron chi connectivity index (χ2n) is 4.32. The zero-order valence-electron chi connectivity index (χ0n) is 10.9. The van der Waals surface area contributed by atoms with Crippen LogP contribution in [0.5, 0.6) is 0 Å². The maximum Gasteiger partial charge on any atom is 0.0365 e. The van der Waals surface area contributed by atoms with Crippen molar-refractivity contribution in [2.75, 3.05) is 30.9 Å². The van der Waals surface area contributed by atoms with Crippen molar-refractivity contribution in [1.82, 2.24) is 4.98 Å². The van der Waals surface area contributed by atoms with E-state index in [2.05, 4.69) is 58.6 Å². The van der Waals surface area contributed by atoms with Crippen molar-refractivity contribution in [3.8, 4) is 0 Å². The smallest absolute Gasteiger partial charge is 0.0365 e. The Hall–Kier alpha value is -2.03. The van der Waals surface area contributed by atoms with E-state index < -0.39 is 0 Å². The van der Waals surface area contributed by atoms with E-state index in [1.807, 2.05) is 19.4 Å². The lowest BCUT2D eigenvalue weighted by Crippen LogP contribution is -2.20. The minimum absolute atomic E-state index is 1.00. The number of benzene rings is 1. The van der Waals surface area contributed by atoms with E-state index in [9.17, 15) is 0 Å². The summed E-state index contributed by atoms with van der Waals surface area (Å²) in [7, 11) is 4.05. The Kier molecular flexibility index (Phi) is 4.18. The van der Waals surface area contributed by atoms with Gasteiger partial charge in [0, 0.05) is 44.4 Å². The Balaban J connectivity index is 1.93. The van der Waals surface area contributed by atoms with Crippen LogP contribution in [0, 0.1) is 0 Å². The summed E-state index contributed by atoms with van der Waals surface area (Å²) in [6.45, 7) is 1.00. The van der Waals surface area contributed by atoms with Gasteiger partial charge in [-0.05, 0) is 48.4 Å². The minimum Gasteiger partial charge on any atom is -0.388 e. The van der Waals surface area contributed by atoms with Crippen molar-refractivity contribution in [2.45, 2.75) is 6.42 Å². The first kappa shape index (κ1) is 12.4. The molecule has 0 aliphatic rings. The van der Waals surface area contributed by atoms with E-state index in [1.165, 1.54) is 11.3 Å². The molecule has 0 saturated heterocycles. The quantitative estimate of drug-likeness (QED) is 0.872. The van der Waals surface area contributed by atoms with Crippen LogP contribution in [0.1, 0.15) is 5.56 Å². The SMILES string of the molecule is CNc1ccc(N(C)CCc2ccncc2)cc1. The van der Waals surface area contributed by atoms with Gasteiger partial charge in [0.15, 0.2) is 0 Å². The largest absolute Gasteiger partial charge is 0.388 e. The van der Waals surface area contributed by atoms with Crippen molar-refractivity contribution < 1.29 is 0 Å². The van der Waals surface area contributed by atoms with Gasteiger partial charge in [0.2, 0.25) is 0 Å². The average molecular weight is 241 g/mol. The van der Waals surface area contributed by atoms with Gasteiger partial charge >= 0.3 is 0 Å². The van der Waals surface area contributed by atoms with E-state index in [1.54, 1.807) is 0 Å². The molecule has 3 nitrogen and oxygen atoms in total. The molecule has 2 rings (SSSR count). The van der Waals surface area contributed by atoms with Crippen LogP contribution in [-0.2, 0) is 6.42 Å². The van der Waals surface area contributed by atoms with Gasteiger partial charge in [0.25, 0.3) is 0 Å². The van der Waals surface area contributed by atoms with Crippen LogP contribution < -0.4 is 10.2 Å². The molecule has 0 unspecified atom stereocenters. The fourth-order valence-electron chi connectivity index (χ4n) is 1.86. The topological polar surface area (TPSA) is 28.2 Å². The van der Waals surface area contributed by atoms with Crippen LogP contribution in [0.15, 0.2) is 48.8 Å². The first-order valence-corrected chi connectivity index (χ1v) is 6.17. The average Bonchev–Trinajstić information content (AvgIpc) is 2.46. The highest BCUT2D eigenvalue weighted by molar-refractivity contribution is 5.54. The summed E-state index contributed by atoms with van der Waals surface area (Å²) < 4.78 is 0. The molecule has 0 radical (unpaired) electrons. The number of anilines is 2. The molecular formula is C15H19N3. The molecule has 1 aromatic carbocycles. The summed E-state index contributed by atoms with van der Waals surface area (Å²) in [4.78, 5) is 6.29. The zero-order valence-corrected chi connectivity index (χ0v) is 10.9. The third kappa shape index (κ3) is 3.23. The number of pyridine rings is 1. The molecule has 94 valence electrons. The number of likely N-dealkylation sites (N-methyl/N-ethyl adjacent to an activating group) is 1. The van der Waals surface area contributed by atoms with Crippen molar-refractivity contribution in [3.63, 3.8) is 0 Å². The molecule has 2 aromatic rings. The van der Waals surface area contributed by atoms with E-state index in [0.29, 0.717) is 0 Å². The summed E-state index contributed by atoms with van der Waals surface area (Å²) in [5.74, 6) is 0. The molecule has 0 aliphatic carbocycles. The molecule has 1 aromatic heterocycles. The van der Waals surface area contributed by atoms with Gasteiger partial charge in [-0.1, -0.05) is 0 Å². The number of hydrogen-bond donors (Lipinski definition) is 1. The normalized spacial score (nSPS) is 10.1. The predicted molar refractivity (Wildman–Crippen MR) is 77.2 cm³/mol. The van der Waals surface area contributed by atoms with E-state index in [4.69, 9.17) is 0 Å². The molecule has 1 N–H and O–H groups in total. The molecule has 0 atom stereocenters. The highest BCUT2D eigenvalue weighted by Gasteiger charge is 2.01. The van der Waals surface area contributed by atoms with Crippen LogP contribution in [0.25, 0.3) is 0 Å². The van der Waals surface area contributed by atoms with E-state index >= 15 is 0 Å². The zero-order chi connectivity index (χ0) is 12.8. The summed E-state index contributed by atoms with van der Waals surface area (Å²) >= 11 is 0. The van der Waals surface area contributed by atoms with Crippen molar-refractivity contribution >= 4 is 11.4 Å². The Labute approximate surface area is 108 Å². The summed E-state index contributed by atoms with van der Waals surface area (Å²) in [5.41, 5.74) is 3.70. The van der Waals surface area contributed by atoms with Crippen molar-refractivity contribution in [2.24, 2.45) is 0 Å². The lowest BCUT2D eigenvalue weighted by Gasteiger charge is -2.19. The van der Waals surface area contributed by atoms with Gasteiger partial charge in [-0.25, -0.2) is 0 Å². The molecule has 3 heteroatoms. The van der Waals surface area contributed by atoms with Gasteiger partial charge in [0.05, 0.1) is 0 Å². The molecule has 0 spiro atoms. The molecular weight excluding hydrogens is 222 g/mol. The van der Waals surface area contributed by atoms with Gasteiger partial charge in [-0.15, -0.1) is 0 Å².